The fourth-order valence-electron chi connectivity index (χ4n) is 2.26. The van der Waals surface area contributed by atoms with Crippen LogP contribution in [0.15, 0.2) is 24.3 Å². The van der Waals surface area contributed by atoms with Crippen LogP contribution in [0.3, 0.4) is 0 Å². The predicted octanol–water partition coefficient (Wildman–Crippen LogP) is 2.80. The number of carbonyl (C=O) groups is 1. The summed E-state index contributed by atoms with van der Waals surface area (Å²) < 4.78 is 37.0. The van der Waals surface area contributed by atoms with Crippen molar-refractivity contribution in [3.8, 4) is 0 Å². The second-order valence-electron chi connectivity index (χ2n) is 4.55. The number of rotatable bonds is 1. The molecule has 1 heterocycles. The molecule has 1 aliphatic rings. The van der Waals surface area contributed by atoms with Crippen LogP contribution in [0.1, 0.15) is 30.9 Å². The Bertz CT molecular complexity index is 473. The van der Waals surface area contributed by atoms with Crippen LogP contribution in [0.2, 0.25) is 0 Å². The van der Waals surface area contributed by atoms with Crippen molar-refractivity contribution in [3.05, 3.63) is 29.8 Å². The van der Waals surface area contributed by atoms with Crippen LogP contribution in [-0.4, -0.2) is 23.7 Å². The Balaban J connectivity index is 2.31. The topological polar surface area (TPSA) is 40.5 Å². The van der Waals surface area contributed by atoms with Crippen molar-refractivity contribution in [3.63, 3.8) is 0 Å². The third-order valence-corrected chi connectivity index (χ3v) is 3.10. The molecular weight excluding hydrogens is 259 g/mol. The van der Waals surface area contributed by atoms with E-state index in [1.54, 1.807) is 24.3 Å². The molecule has 1 N–H and O–H groups in total. The first-order valence-electron chi connectivity index (χ1n) is 6.02. The van der Waals surface area contributed by atoms with Gasteiger partial charge in [0.25, 0.3) is 0 Å². The molecular formula is C13H14F3NO2. The molecule has 104 valence electrons. The number of amides is 1. The van der Waals surface area contributed by atoms with E-state index in [0.717, 1.165) is 4.90 Å². The highest BCUT2D eigenvalue weighted by Crippen LogP contribution is 2.34. The Morgan fingerprint density at radius 2 is 2.05 bits per heavy atom. The average molecular weight is 273 g/mol. The molecule has 1 unspecified atom stereocenters. The molecule has 0 bridgehead atoms. The number of anilines is 1. The fourth-order valence-corrected chi connectivity index (χ4v) is 2.26. The number of para-hydroxylation sites is 1. The lowest BCUT2D eigenvalue weighted by molar-refractivity contribution is -0.151. The van der Waals surface area contributed by atoms with Crippen LogP contribution in [0, 0.1) is 0 Å². The highest BCUT2D eigenvalue weighted by molar-refractivity contribution is 5.94. The molecule has 3 nitrogen and oxygen atoms in total. The van der Waals surface area contributed by atoms with Crippen LogP contribution >= 0.6 is 0 Å². The highest BCUT2D eigenvalue weighted by atomic mass is 19.4. The van der Waals surface area contributed by atoms with Gasteiger partial charge >= 0.3 is 6.18 Å². The molecule has 0 saturated heterocycles. The minimum Gasteiger partial charge on any atom is -0.388 e. The molecule has 0 fully saturated rings. The monoisotopic (exact) mass is 273 g/mol. The zero-order chi connectivity index (χ0) is 14.0. The van der Waals surface area contributed by atoms with Gasteiger partial charge < -0.3 is 10.0 Å². The Labute approximate surface area is 108 Å². The van der Waals surface area contributed by atoms with E-state index in [1.807, 2.05) is 0 Å². The standard InChI is InChI=1S/C13H14F3NO2/c14-13(15,16)8-12(19)17-7-3-6-11(18)9-4-1-2-5-10(9)17/h1-2,4-5,11,18H,3,6-8H2. The molecule has 1 aromatic carbocycles. The highest BCUT2D eigenvalue weighted by Gasteiger charge is 2.35. The van der Waals surface area contributed by atoms with Crippen molar-refractivity contribution in [2.75, 3.05) is 11.4 Å². The van der Waals surface area contributed by atoms with E-state index in [9.17, 15) is 23.1 Å². The maximum atomic E-state index is 12.3. The van der Waals surface area contributed by atoms with Gasteiger partial charge in [-0.2, -0.15) is 13.2 Å². The minimum atomic E-state index is -4.52. The Kier molecular flexibility index (Phi) is 3.80. The lowest BCUT2D eigenvalue weighted by Gasteiger charge is -2.23. The molecule has 1 aliphatic heterocycles. The smallest absolute Gasteiger partial charge is 0.388 e. The maximum absolute atomic E-state index is 12.3. The summed E-state index contributed by atoms with van der Waals surface area (Å²) in [4.78, 5) is 12.9. The van der Waals surface area contributed by atoms with E-state index in [4.69, 9.17) is 0 Å². The number of carbonyl (C=O) groups excluding carboxylic acids is 1. The number of alkyl halides is 3. The summed E-state index contributed by atoms with van der Waals surface area (Å²) >= 11 is 0. The van der Waals surface area contributed by atoms with Gasteiger partial charge in [-0.1, -0.05) is 18.2 Å². The quantitative estimate of drug-likeness (QED) is 0.854. The van der Waals surface area contributed by atoms with Gasteiger partial charge in [0.2, 0.25) is 5.91 Å². The van der Waals surface area contributed by atoms with Crippen molar-refractivity contribution >= 4 is 11.6 Å². The first kappa shape index (κ1) is 13.9. The minimum absolute atomic E-state index is 0.197. The third kappa shape index (κ3) is 3.26. The number of fused-ring (bicyclic) bond motifs is 1. The second-order valence-corrected chi connectivity index (χ2v) is 4.55. The van der Waals surface area contributed by atoms with E-state index in [1.165, 1.54) is 0 Å². The van der Waals surface area contributed by atoms with Gasteiger partial charge in [0.1, 0.15) is 6.42 Å². The van der Waals surface area contributed by atoms with Gasteiger partial charge in [-0.15, -0.1) is 0 Å². The summed E-state index contributed by atoms with van der Waals surface area (Å²) in [5.41, 5.74) is 0.886. The number of benzene rings is 1. The second kappa shape index (κ2) is 5.21. The summed E-state index contributed by atoms with van der Waals surface area (Å²) in [6.45, 7) is 0.197. The number of aliphatic hydroxyl groups is 1. The van der Waals surface area contributed by atoms with E-state index in [0.29, 0.717) is 24.1 Å². The zero-order valence-corrected chi connectivity index (χ0v) is 10.2. The van der Waals surface area contributed by atoms with Crippen LogP contribution in [0.25, 0.3) is 0 Å². The molecule has 2 rings (SSSR count). The molecule has 0 spiro atoms. The number of hydrogen-bond donors (Lipinski definition) is 1. The summed E-state index contributed by atoms with van der Waals surface area (Å²) in [5.74, 6) is -0.978. The summed E-state index contributed by atoms with van der Waals surface area (Å²) in [7, 11) is 0. The van der Waals surface area contributed by atoms with Gasteiger partial charge in [0, 0.05) is 17.8 Å². The number of halogens is 3. The van der Waals surface area contributed by atoms with Gasteiger partial charge in [-0.25, -0.2) is 0 Å². The van der Waals surface area contributed by atoms with Crippen molar-refractivity contribution in [2.45, 2.75) is 31.5 Å². The normalized spacial score (nSPS) is 19.8. The van der Waals surface area contributed by atoms with Crippen LogP contribution in [-0.2, 0) is 4.79 Å². The fraction of sp³-hybridized carbons (Fsp3) is 0.462. The lowest BCUT2D eigenvalue weighted by Crippen LogP contribution is -2.34. The number of aliphatic hydroxyl groups excluding tert-OH is 1. The maximum Gasteiger partial charge on any atom is 0.397 e. The first-order valence-corrected chi connectivity index (χ1v) is 6.02. The van der Waals surface area contributed by atoms with E-state index in [2.05, 4.69) is 0 Å². The van der Waals surface area contributed by atoms with E-state index in [-0.39, 0.29) is 6.54 Å². The third-order valence-electron chi connectivity index (χ3n) is 3.10. The largest absolute Gasteiger partial charge is 0.397 e. The Hall–Kier alpha value is -1.56. The molecule has 0 aliphatic carbocycles. The summed E-state index contributed by atoms with van der Waals surface area (Å²) in [5, 5.41) is 9.91. The average Bonchev–Trinajstić information content (AvgIpc) is 2.47. The Morgan fingerprint density at radius 3 is 2.74 bits per heavy atom. The summed E-state index contributed by atoms with van der Waals surface area (Å²) in [6, 6.07) is 6.54. The molecule has 1 atom stereocenters. The van der Waals surface area contributed by atoms with Crippen molar-refractivity contribution in [2.24, 2.45) is 0 Å². The number of hydrogen-bond acceptors (Lipinski definition) is 2. The van der Waals surface area contributed by atoms with Gasteiger partial charge in [-0.3, -0.25) is 4.79 Å². The SMILES string of the molecule is O=C(CC(F)(F)F)N1CCCC(O)c2ccccc21. The lowest BCUT2D eigenvalue weighted by atomic mass is 10.0. The van der Waals surface area contributed by atoms with Crippen molar-refractivity contribution < 1.29 is 23.1 Å². The van der Waals surface area contributed by atoms with Crippen LogP contribution < -0.4 is 4.90 Å². The van der Waals surface area contributed by atoms with Gasteiger partial charge in [-0.05, 0) is 18.9 Å². The van der Waals surface area contributed by atoms with Crippen molar-refractivity contribution in [1.29, 1.82) is 0 Å². The molecule has 6 heteroatoms. The van der Waals surface area contributed by atoms with Gasteiger partial charge in [0.05, 0.1) is 6.10 Å². The zero-order valence-electron chi connectivity index (χ0n) is 10.2. The number of nitrogens with zero attached hydrogens (tertiary/aromatic N) is 1. The van der Waals surface area contributed by atoms with Crippen LogP contribution in [0.4, 0.5) is 18.9 Å². The Morgan fingerprint density at radius 1 is 1.37 bits per heavy atom. The summed E-state index contributed by atoms with van der Waals surface area (Å²) in [6.07, 6.45) is -5.82. The molecule has 1 aromatic rings. The molecule has 1 amide bonds. The predicted molar refractivity (Wildman–Crippen MR) is 63.7 cm³/mol. The van der Waals surface area contributed by atoms with Crippen LogP contribution in [0.5, 0.6) is 0 Å². The van der Waals surface area contributed by atoms with E-state index < -0.39 is 24.6 Å². The van der Waals surface area contributed by atoms with Gasteiger partial charge in [0.15, 0.2) is 0 Å². The molecule has 0 aromatic heterocycles. The molecule has 0 saturated carbocycles. The molecule has 0 radical (unpaired) electrons. The molecule has 19 heavy (non-hydrogen) atoms. The first-order chi connectivity index (χ1) is 8.88. The van der Waals surface area contributed by atoms with E-state index >= 15 is 0 Å². The van der Waals surface area contributed by atoms with Crippen molar-refractivity contribution in [1.82, 2.24) is 0 Å².